The number of benzene rings is 1. The number of rotatable bonds is 6. The van der Waals surface area contributed by atoms with Crippen LogP contribution in [0.2, 0.25) is 0 Å². The molecule has 6 heteroatoms. The summed E-state index contributed by atoms with van der Waals surface area (Å²) in [6.45, 7) is 2.44. The highest BCUT2D eigenvalue weighted by atomic mass is 16.5. The molecule has 0 spiro atoms. The van der Waals surface area contributed by atoms with Gasteiger partial charge in [0.15, 0.2) is 6.61 Å². The zero-order valence-corrected chi connectivity index (χ0v) is 12.0. The van der Waals surface area contributed by atoms with Crippen molar-refractivity contribution in [3.63, 3.8) is 0 Å². The van der Waals surface area contributed by atoms with E-state index in [9.17, 15) is 9.59 Å². The van der Waals surface area contributed by atoms with Crippen LogP contribution < -0.4 is 15.4 Å². The minimum atomic E-state index is -1.04. The number of nitrogens with one attached hydrogen (secondary N) is 2. The molecule has 0 saturated carbocycles. The fraction of sp³-hybridized carbons (Fsp3) is 0.467. The summed E-state index contributed by atoms with van der Waals surface area (Å²) in [6.07, 6.45) is 2.54. The molecule has 1 aromatic carbocycles. The van der Waals surface area contributed by atoms with Crippen LogP contribution in [0.1, 0.15) is 26.2 Å². The number of ether oxygens (including phenoxy) is 1. The summed E-state index contributed by atoms with van der Waals surface area (Å²) in [5.41, 5.74) is 0.0993. The SMILES string of the molecule is CCC1(C(=O)Nc2cccc(OCC(=O)O)c2)CCCN1. The zero-order chi connectivity index (χ0) is 15.3. The molecule has 1 aliphatic heterocycles. The van der Waals surface area contributed by atoms with E-state index in [0.29, 0.717) is 11.4 Å². The van der Waals surface area contributed by atoms with Gasteiger partial charge in [-0.1, -0.05) is 13.0 Å². The van der Waals surface area contributed by atoms with Crippen LogP contribution in [0.5, 0.6) is 5.75 Å². The van der Waals surface area contributed by atoms with Crippen molar-refractivity contribution in [1.29, 1.82) is 0 Å². The number of carboxylic acids is 1. The van der Waals surface area contributed by atoms with E-state index in [0.717, 1.165) is 25.8 Å². The van der Waals surface area contributed by atoms with Crippen LogP contribution in [0.15, 0.2) is 24.3 Å². The molecular formula is C15H20N2O4. The highest BCUT2D eigenvalue weighted by Gasteiger charge is 2.39. The number of anilines is 1. The highest BCUT2D eigenvalue weighted by molar-refractivity contribution is 5.98. The number of hydrogen-bond acceptors (Lipinski definition) is 4. The van der Waals surface area contributed by atoms with Crippen molar-refractivity contribution in [3.05, 3.63) is 24.3 Å². The summed E-state index contributed by atoms with van der Waals surface area (Å²) in [6, 6.07) is 6.75. The van der Waals surface area contributed by atoms with E-state index < -0.39 is 18.1 Å². The van der Waals surface area contributed by atoms with Gasteiger partial charge in [-0.25, -0.2) is 4.79 Å². The lowest BCUT2D eigenvalue weighted by molar-refractivity contribution is -0.139. The van der Waals surface area contributed by atoms with Crippen LogP contribution in [-0.2, 0) is 9.59 Å². The fourth-order valence-corrected chi connectivity index (χ4v) is 2.52. The maximum absolute atomic E-state index is 12.4. The van der Waals surface area contributed by atoms with Crippen molar-refractivity contribution >= 4 is 17.6 Å². The van der Waals surface area contributed by atoms with Gasteiger partial charge in [0.1, 0.15) is 5.75 Å². The first-order chi connectivity index (χ1) is 10.1. The molecule has 3 N–H and O–H groups in total. The van der Waals surface area contributed by atoms with Crippen LogP contribution in [0.25, 0.3) is 0 Å². The van der Waals surface area contributed by atoms with Gasteiger partial charge in [-0.3, -0.25) is 4.79 Å². The number of aliphatic carboxylic acids is 1. The summed E-state index contributed by atoms with van der Waals surface area (Å²) in [5.74, 6) is -0.678. The smallest absolute Gasteiger partial charge is 0.341 e. The second-order valence-electron chi connectivity index (χ2n) is 5.13. The predicted molar refractivity (Wildman–Crippen MR) is 78.5 cm³/mol. The Morgan fingerprint density at radius 3 is 2.90 bits per heavy atom. The molecule has 1 fully saturated rings. The number of carbonyl (C=O) groups is 2. The lowest BCUT2D eigenvalue weighted by atomic mass is 9.93. The third-order valence-electron chi connectivity index (χ3n) is 3.74. The van der Waals surface area contributed by atoms with E-state index >= 15 is 0 Å². The quantitative estimate of drug-likeness (QED) is 0.741. The maximum atomic E-state index is 12.4. The molecule has 114 valence electrons. The number of carbonyl (C=O) groups excluding carboxylic acids is 1. The van der Waals surface area contributed by atoms with Crippen LogP contribution >= 0.6 is 0 Å². The Bertz CT molecular complexity index is 524. The molecule has 1 aliphatic rings. The third-order valence-corrected chi connectivity index (χ3v) is 3.74. The van der Waals surface area contributed by atoms with Crippen LogP contribution in [0, 0.1) is 0 Å². The standard InChI is InChI=1S/C15H20N2O4/c1-2-15(7-4-8-16-15)14(20)17-11-5-3-6-12(9-11)21-10-13(18)19/h3,5-6,9,16H,2,4,7-8,10H2,1H3,(H,17,20)(H,18,19). The first-order valence-electron chi connectivity index (χ1n) is 7.07. The monoisotopic (exact) mass is 292 g/mol. The zero-order valence-electron chi connectivity index (χ0n) is 12.0. The Kier molecular flexibility index (Phi) is 4.80. The van der Waals surface area contributed by atoms with Gasteiger partial charge in [0.05, 0.1) is 5.54 Å². The summed E-state index contributed by atoms with van der Waals surface area (Å²) < 4.78 is 5.10. The molecule has 1 aromatic rings. The van der Waals surface area contributed by atoms with Crippen molar-refractivity contribution in [1.82, 2.24) is 5.32 Å². The molecule has 1 amide bonds. The Morgan fingerprint density at radius 2 is 2.29 bits per heavy atom. The van der Waals surface area contributed by atoms with E-state index in [1.165, 1.54) is 0 Å². The molecule has 0 bridgehead atoms. The Hall–Kier alpha value is -2.08. The summed E-state index contributed by atoms with van der Waals surface area (Å²) in [4.78, 5) is 22.9. The van der Waals surface area contributed by atoms with E-state index in [1.807, 2.05) is 6.92 Å². The van der Waals surface area contributed by atoms with Crippen LogP contribution in [0.3, 0.4) is 0 Å². The van der Waals surface area contributed by atoms with Gasteiger partial charge in [-0.2, -0.15) is 0 Å². The predicted octanol–water partition coefficient (Wildman–Crippen LogP) is 1.62. The van der Waals surface area contributed by atoms with Crippen molar-refractivity contribution in [2.45, 2.75) is 31.7 Å². The second kappa shape index (κ2) is 6.58. The van der Waals surface area contributed by atoms with Crippen LogP contribution in [0.4, 0.5) is 5.69 Å². The molecule has 1 heterocycles. The van der Waals surface area contributed by atoms with Gasteiger partial charge < -0.3 is 20.5 Å². The van der Waals surface area contributed by atoms with Crippen molar-refractivity contribution < 1.29 is 19.4 Å². The first kappa shape index (κ1) is 15.3. The van der Waals surface area contributed by atoms with Gasteiger partial charge in [0, 0.05) is 11.8 Å². The summed E-state index contributed by atoms with van der Waals surface area (Å²) in [7, 11) is 0. The first-order valence-corrected chi connectivity index (χ1v) is 7.07. The van der Waals surface area contributed by atoms with Gasteiger partial charge in [-0.15, -0.1) is 0 Å². The third kappa shape index (κ3) is 3.72. The lowest BCUT2D eigenvalue weighted by Crippen LogP contribution is -2.50. The van der Waals surface area contributed by atoms with Gasteiger partial charge >= 0.3 is 5.97 Å². The molecule has 0 aliphatic carbocycles. The highest BCUT2D eigenvalue weighted by Crippen LogP contribution is 2.25. The average Bonchev–Trinajstić information content (AvgIpc) is 2.96. The number of hydrogen-bond donors (Lipinski definition) is 3. The molecule has 1 atom stereocenters. The van der Waals surface area contributed by atoms with E-state index in [1.54, 1.807) is 24.3 Å². The van der Waals surface area contributed by atoms with Gasteiger partial charge in [0.25, 0.3) is 0 Å². The fourth-order valence-electron chi connectivity index (χ4n) is 2.52. The summed E-state index contributed by atoms with van der Waals surface area (Å²) >= 11 is 0. The Morgan fingerprint density at radius 1 is 1.48 bits per heavy atom. The molecule has 0 aromatic heterocycles. The van der Waals surface area contributed by atoms with Gasteiger partial charge in [0.2, 0.25) is 5.91 Å². The normalized spacial score (nSPS) is 21.0. The molecular weight excluding hydrogens is 272 g/mol. The van der Waals surface area contributed by atoms with Crippen molar-refractivity contribution in [3.8, 4) is 5.75 Å². The maximum Gasteiger partial charge on any atom is 0.341 e. The molecule has 1 saturated heterocycles. The Balaban J connectivity index is 2.03. The van der Waals surface area contributed by atoms with Gasteiger partial charge in [-0.05, 0) is 37.9 Å². The summed E-state index contributed by atoms with van der Waals surface area (Å²) in [5, 5.41) is 14.7. The number of carboxylic acid groups (broad SMARTS) is 1. The van der Waals surface area contributed by atoms with E-state index in [2.05, 4.69) is 10.6 Å². The largest absolute Gasteiger partial charge is 0.482 e. The van der Waals surface area contributed by atoms with E-state index in [4.69, 9.17) is 9.84 Å². The van der Waals surface area contributed by atoms with Crippen molar-refractivity contribution in [2.75, 3.05) is 18.5 Å². The molecule has 1 unspecified atom stereocenters. The van der Waals surface area contributed by atoms with Crippen molar-refractivity contribution in [2.24, 2.45) is 0 Å². The molecule has 2 rings (SSSR count). The van der Waals surface area contributed by atoms with Crippen LogP contribution in [-0.4, -0.2) is 35.7 Å². The van der Waals surface area contributed by atoms with E-state index in [-0.39, 0.29) is 5.91 Å². The average molecular weight is 292 g/mol. The minimum Gasteiger partial charge on any atom is -0.482 e. The molecule has 0 radical (unpaired) electrons. The Labute approximate surface area is 123 Å². The second-order valence-corrected chi connectivity index (χ2v) is 5.13. The molecule has 21 heavy (non-hydrogen) atoms. The lowest BCUT2D eigenvalue weighted by Gasteiger charge is -2.26. The minimum absolute atomic E-state index is 0.0575. The number of amides is 1. The topological polar surface area (TPSA) is 87.7 Å². The molecule has 6 nitrogen and oxygen atoms in total.